The van der Waals surface area contributed by atoms with Crippen molar-refractivity contribution in [3.63, 3.8) is 0 Å². The van der Waals surface area contributed by atoms with E-state index in [0.717, 1.165) is 23.9 Å². The van der Waals surface area contributed by atoms with E-state index in [1.54, 1.807) is 0 Å². The summed E-state index contributed by atoms with van der Waals surface area (Å²) in [5, 5.41) is 0. The first-order valence-corrected chi connectivity index (χ1v) is 15.9. The zero-order chi connectivity index (χ0) is 26.7. The van der Waals surface area contributed by atoms with Gasteiger partial charge in [0.05, 0.1) is 5.72 Å². The molecule has 1 atom stereocenters. The number of imidazole rings is 1. The lowest BCUT2D eigenvalue weighted by Crippen LogP contribution is -2.33. The number of aromatic nitrogens is 2. The lowest BCUT2D eigenvalue weighted by molar-refractivity contribution is 0.780. The number of rotatable bonds is 12. The van der Waals surface area contributed by atoms with Crippen LogP contribution in [0.15, 0.2) is 140 Å². The van der Waals surface area contributed by atoms with Crippen LogP contribution in [0.5, 0.6) is 0 Å². The molecule has 5 aromatic rings. The Morgan fingerprint density at radius 2 is 1.28 bits per heavy atom. The molecule has 4 heteroatoms. The Morgan fingerprint density at radius 3 is 1.82 bits per heavy atom. The van der Waals surface area contributed by atoms with Gasteiger partial charge in [0.25, 0.3) is 0 Å². The summed E-state index contributed by atoms with van der Waals surface area (Å²) in [6.45, 7) is 2.43. The van der Waals surface area contributed by atoms with E-state index < -0.39 is 0 Å². The van der Waals surface area contributed by atoms with Crippen molar-refractivity contribution in [3.05, 3.63) is 162 Å². The standard InChI is InChI=1S/C35H36BN2Si/c1-28(15-14-24-33(29-16-6-2-7-17-29)30-18-8-3-9-19-30)39-27-38-26-25-37-35(38)36-34(31-20-10-4-11-21-31)32-22-12-5-13-23-32/h2-13,16-26,28,34H,14-15,27,39H2,1H3. The fourth-order valence-corrected chi connectivity index (χ4v) is 6.80. The molecule has 0 saturated heterocycles. The minimum Gasteiger partial charge on any atom is -0.347 e. The maximum absolute atomic E-state index is 4.76. The van der Waals surface area contributed by atoms with Crippen LogP contribution < -0.4 is 5.72 Å². The van der Waals surface area contributed by atoms with Crippen LogP contribution in [0.3, 0.4) is 0 Å². The molecule has 0 bridgehead atoms. The summed E-state index contributed by atoms with van der Waals surface area (Å²) < 4.78 is 2.37. The molecule has 2 nitrogen and oxygen atoms in total. The predicted octanol–water partition coefficient (Wildman–Crippen LogP) is 6.85. The molecule has 1 radical (unpaired) electrons. The molecule has 39 heavy (non-hydrogen) atoms. The molecule has 0 amide bonds. The van der Waals surface area contributed by atoms with E-state index in [4.69, 9.17) is 4.98 Å². The SMILES string of the molecule is CC(CCC=C(c1ccccc1)c1ccccc1)[SiH2]Cn1ccnc1[B]C(c1ccccc1)c1ccccc1. The Morgan fingerprint density at radius 1 is 0.769 bits per heavy atom. The lowest BCUT2D eigenvalue weighted by Gasteiger charge is -2.18. The molecule has 0 N–H and O–H groups in total. The molecule has 0 saturated carbocycles. The molecule has 0 fully saturated rings. The van der Waals surface area contributed by atoms with Gasteiger partial charge in [-0.3, -0.25) is 4.98 Å². The van der Waals surface area contributed by atoms with Gasteiger partial charge in [-0.05, 0) is 40.1 Å². The summed E-state index contributed by atoms with van der Waals surface area (Å²) in [5.74, 6) is 0.187. The van der Waals surface area contributed by atoms with Gasteiger partial charge in [-0.25, -0.2) is 0 Å². The quantitative estimate of drug-likeness (QED) is 0.164. The van der Waals surface area contributed by atoms with E-state index in [-0.39, 0.29) is 15.3 Å². The molecule has 5 rings (SSSR count). The fourth-order valence-electron chi connectivity index (χ4n) is 5.18. The first-order chi connectivity index (χ1) is 19.3. The van der Waals surface area contributed by atoms with Gasteiger partial charge in [0.15, 0.2) is 0 Å². The second-order valence-corrected chi connectivity index (χ2v) is 12.7. The molecule has 4 aromatic carbocycles. The highest BCUT2D eigenvalue weighted by atomic mass is 28.2. The van der Waals surface area contributed by atoms with Gasteiger partial charge in [0, 0.05) is 28.1 Å². The van der Waals surface area contributed by atoms with Gasteiger partial charge in [-0.15, -0.1) is 0 Å². The van der Waals surface area contributed by atoms with Crippen LogP contribution in [0, 0.1) is 0 Å². The van der Waals surface area contributed by atoms with Crippen LogP contribution in [-0.2, 0) is 6.17 Å². The third-order valence-corrected chi connectivity index (χ3v) is 9.55. The van der Waals surface area contributed by atoms with Crippen molar-refractivity contribution in [2.24, 2.45) is 0 Å². The second-order valence-electron chi connectivity index (χ2n) is 10.3. The van der Waals surface area contributed by atoms with Gasteiger partial charge in [-0.2, -0.15) is 0 Å². The normalized spacial score (nSPS) is 12.1. The van der Waals surface area contributed by atoms with Crippen LogP contribution >= 0.6 is 0 Å². The Hall–Kier alpha value is -3.89. The van der Waals surface area contributed by atoms with Gasteiger partial charge in [-0.1, -0.05) is 146 Å². The first kappa shape index (κ1) is 26.7. The van der Waals surface area contributed by atoms with Crippen molar-refractivity contribution in [2.75, 3.05) is 0 Å². The van der Waals surface area contributed by atoms with Crippen LogP contribution in [0.1, 0.15) is 47.8 Å². The number of nitrogens with zero attached hydrogens (tertiary/aromatic N) is 2. The van der Waals surface area contributed by atoms with Gasteiger partial charge in [0.1, 0.15) is 0 Å². The van der Waals surface area contributed by atoms with Crippen LogP contribution in [0.4, 0.5) is 0 Å². The van der Waals surface area contributed by atoms with E-state index >= 15 is 0 Å². The van der Waals surface area contributed by atoms with Crippen molar-refractivity contribution in [1.82, 2.24) is 9.55 Å². The molecule has 0 aliphatic carbocycles. The summed E-state index contributed by atoms with van der Waals surface area (Å²) in [5.41, 5.74) is 8.33. The highest BCUT2D eigenvalue weighted by Crippen LogP contribution is 2.26. The smallest absolute Gasteiger partial charge is 0.215 e. The average Bonchev–Trinajstić information content (AvgIpc) is 3.46. The second kappa shape index (κ2) is 13.8. The topological polar surface area (TPSA) is 17.8 Å². The summed E-state index contributed by atoms with van der Waals surface area (Å²) >= 11 is 0. The molecule has 0 spiro atoms. The first-order valence-electron chi connectivity index (χ1n) is 14.0. The summed E-state index contributed by atoms with van der Waals surface area (Å²) in [4.78, 5) is 4.76. The molecule has 0 aliphatic rings. The van der Waals surface area contributed by atoms with Crippen LogP contribution in [0.2, 0.25) is 5.54 Å². The van der Waals surface area contributed by atoms with E-state index in [0.29, 0.717) is 0 Å². The zero-order valence-electron chi connectivity index (χ0n) is 22.7. The Labute approximate surface area is 236 Å². The van der Waals surface area contributed by atoms with Crippen molar-refractivity contribution in [1.29, 1.82) is 0 Å². The number of allylic oxidation sites excluding steroid dienone is 1. The van der Waals surface area contributed by atoms with Crippen molar-refractivity contribution in [3.8, 4) is 0 Å². The van der Waals surface area contributed by atoms with Crippen LogP contribution in [0.25, 0.3) is 5.57 Å². The van der Waals surface area contributed by atoms with Crippen LogP contribution in [-0.4, -0.2) is 26.4 Å². The van der Waals surface area contributed by atoms with Crippen molar-refractivity contribution >= 4 is 28.1 Å². The van der Waals surface area contributed by atoms with Gasteiger partial charge < -0.3 is 4.57 Å². The molecular weight excluding hydrogens is 487 g/mol. The zero-order valence-corrected chi connectivity index (χ0v) is 24.1. The Kier molecular flexibility index (Phi) is 9.43. The van der Waals surface area contributed by atoms with Gasteiger partial charge in [0.2, 0.25) is 7.28 Å². The minimum atomic E-state index is -0.311. The highest BCUT2D eigenvalue weighted by molar-refractivity contribution is 6.54. The molecular formula is C35H36BN2Si. The molecule has 1 unspecified atom stereocenters. The maximum atomic E-state index is 4.76. The fraction of sp³-hybridized carbons (Fsp3) is 0.171. The van der Waals surface area contributed by atoms with E-state index in [2.05, 4.69) is 152 Å². The van der Waals surface area contributed by atoms with E-state index in [1.807, 2.05) is 6.20 Å². The highest BCUT2D eigenvalue weighted by Gasteiger charge is 2.19. The number of hydrogen-bond donors (Lipinski definition) is 0. The number of hydrogen-bond acceptors (Lipinski definition) is 1. The molecule has 0 aliphatic heterocycles. The summed E-state index contributed by atoms with van der Waals surface area (Å²) in [7, 11) is 2.02. The largest absolute Gasteiger partial charge is 0.347 e. The monoisotopic (exact) mass is 523 g/mol. The third kappa shape index (κ3) is 7.36. The Balaban J connectivity index is 1.22. The predicted molar refractivity (Wildman–Crippen MR) is 170 cm³/mol. The van der Waals surface area contributed by atoms with Gasteiger partial charge >= 0.3 is 0 Å². The average molecular weight is 524 g/mol. The third-order valence-electron chi connectivity index (χ3n) is 7.42. The van der Waals surface area contributed by atoms with E-state index in [9.17, 15) is 0 Å². The molecule has 1 aromatic heterocycles. The van der Waals surface area contributed by atoms with Crippen molar-refractivity contribution < 1.29 is 0 Å². The summed E-state index contributed by atoms with van der Waals surface area (Å²) in [6.07, 6.45) is 9.97. The lowest BCUT2D eigenvalue weighted by atomic mass is 9.58. The molecule has 1 heterocycles. The maximum Gasteiger partial charge on any atom is 0.215 e. The minimum absolute atomic E-state index is 0.187. The molecule has 193 valence electrons. The van der Waals surface area contributed by atoms with E-state index in [1.165, 1.54) is 34.2 Å². The Bertz CT molecular complexity index is 1350. The number of benzene rings is 4. The summed E-state index contributed by atoms with van der Waals surface area (Å²) in [6, 6.07) is 43.0. The van der Waals surface area contributed by atoms with Crippen molar-refractivity contribution in [2.45, 2.75) is 37.3 Å².